The van der Waals surface area contributed by atoms with E-state index in [1.54, 1.807) is 45.9 Å². The Kier molecular flexibility index (Phi) is 4.85. The molecule has 0 saturated heterocycles. The van der Waals surface area contributed by atoms with Crippen LogP contribution in [0.15, 0.2) is 24.4 Å². The predicted octanol–water partition coefficient (Wildman–Crippen LogP) is 3.59. The first-order valence-corrected chi connectivity index (χ1v) is 6.10. The lowest BCUT2D eigenvalue weighted by atomic mass is 10.1. The second-order valence-electron chi connectivity index (χ2n) is 5.30. The summed E-state index contributed by atoms with van der Waals surface area (Å²) in [6, 6.07) is 5.10. The van der Waals surface area contributed by atoms with Gasteiger partial charge < -0.3 is 4.74 Å². The number of ether oxygens (including phenoxy) is 1. The van der Waals surface area contributed by atoms with E-state index in [4.69, 9.17) is 4.74 Å². The molecule has 20 heavy (non-hydrogen) atoms. The van der Waals surface area contributed by atoms with Crippen LogP contribution in [-0.4, -0.2) is 16.6 Å². The Labute approximate surface area is 117 Å². The highest BCUT2D eigenvalue weighted by atomic mass is 16.6. The van der Waals surface area contributed by atoms with Crippen LogP contribution in [0.3, 0.4) is 0 Å². The molecule has 108 valence electrons. The Morgan fingerprint density at radius 1 is 1.40 bits per heavy atom. The van der Waals surface area contributed by atoms with Gasteiger partial charge in [-0.05, 0) is 51.0 Å². The number of benzene rings is 1. The lowest BCUT2D eigenvalue weighted by Crippen LogP contribution is -2.27. The van der Waals surface area contributed by atoms with Gasteiger partial charge >= 0.3 is 6.09 Å². The standard InChI is InChI=1S/C14H18N2O4/c1-10-9-11(7-8-16(18)19)5-6-12(10)15-13(17)20-14(2,3)4/h5-9H,1-4H3,(H,15,17)/b8-7+. The molecular weight excluding hydrogens is 260 g/mol. The molecule has 1 N–H and O–H groups in total. The lowest BCUT2D eigenvalue weighted by molar-refractivity contribution is -0.400. The molecule has 0 radical (unpaired) electrons. The van der Waals surface area contributed by atoms with Crippen LogP contribution in [0.25, 0.3) is 6.08 Å². The zero-order valence-corrected chi connectivity index (χ0v) is 12.0. The maximum absolute atomic E-state index is 11.6. The molecule has 0 aliphatic heterocycles. The molecular formula is C14H18N2O4. The van der Waals surface area contributed by atoms with Crippen molar-refractivity contribution in [2.75, 3.05) is 5.32 Å². The summed E-state index contributed by atoms with van der Waals surface area (Å²) in [7, 11) is 0. The zero-order valence-electron chi connectivity index (χ0n) is 12.0. The summed E-state index contributed by atoms with van der Waals surface area (Å²) >= 11 is 0. The summed E-state index contributed by atoms with van der Waals surface area (Å²) in [6.07, 6.45) is 1.73. The van der Waals surface area contributed by atoms with Crippen LogP contribution < -0.4 is 5.32 Å². The Morgan fingerprint density at radius 2 is 2.05 bits per heavy atom. The van der Waals surface area contributed by atoms with E-state index in [2.05, 4.69) is 5.32 Å². The number of carbonyl (C=O) groups excluding carboxylic acids is 1. The van der Waals surface area contributed by atoms with Crippen molar-refractivity contribution in [1.82, 2.24) is 0 Å². The van der Waals surface area contributed by atoms with E-state index in [0.29, 0.717) is 11.3 Å². The molecule has 1 amide bonds. The number of rotatable bonds is 3. The number of nitrogens with one attached hydrogen (secondary N) is 1. The van der Waals surface area contributed by atoms with E-state index in [1.165, 1.54) is 6.08 Å². The number of hydrogen-bond acceptors (Lipinski definition) is 4. The molecule has 1 rings (SSSR count). The maximum atomic E-state index is 11.6. The monoisotopic (exact) mass is 278 g/mol. The van der Waals surface area contributed by atoms with Gasteiger partial charge in [0.25, 0.3) is 0 Å². The van der Waals surface area contributed by atoms with Crippen molar-refractivity contribution in [2.45, 2.75) is 33.3 Å². The Hall–Kier alpha value is -2.37. The highest BCUT2D eigenvalue weighted by molar-refractivity contribution is 5.86. The normalized spacial score (nSPS) is 11.4. The number of hydrogen-bond donors (Lipinski definition) is 1. The van der Waals surface area contributed by atoms with Gasteiger partial charge in [-0.1, -0.05) is 6.07 Å². The number of nitrogens with zero attached hydrogens (tertiary/aromatic N) is 1. The van der Waals surface area contributed by atoms with Crippen LogP contribution in [-0.2, 0) is 4.74 Å². The molecule has 0 aromatic heterocycles. The van der Waals surface area contributed by atoms with E-state index in [0.717, 1.165) is 11.8 Å². The van der Waals surface area contributed by atoms with Crippen LogP contribution in [0.5, 0.6) is 0 Å². The lowest BCUT2D eigenvalue weighted by Gasteiger charge is -2.20. The molecule has 0 heterocycles. The smallest absolute Gasteiger partial charge is 0.412 e. The van der Waals surface area contributed by atoms with Gasteiger partial charge in [-0.25, -0.2) is 4.79 Å². The van der Waals surface area contributed by atoms with E-state index in [-0.39, 0.29) is 0 Å². The first-order chi connectivity index (χ1) is 9.17. The molecule has 0 unspecified atom stereocenters. The van der Waals surface area contributed by atoms with Crippen LogP contribution in [0.2, 0.25) is 0 Å². The molecule has 6 heteroatoms. The van der Waals surface area contributed by atoms with Crippen LogP contribution in [0.4, 0.5) is 10.5 Å². The van der Waals surface area contributed by atoms with Crippen molar-refractivity contribution in [3.05, 3.63) is 45.6 Å². The third-order valence-electron chi connectivity index (χ3n) is 2.27. The molecule has 0 atom stereocenters. The van der Waals surface area contributed by atoms with Gasteiger partial charge in [-0.15, -0.1) is 0 Å². The summed E-state index contributed by atoms with van der Waals surface area (Å²) in [4.78, 5) is 21.4. The molecule has 0 aliphatic rings. The Morgan fingerprint density at radius 3 is 2.55 bits per heavy atom. The third-order valence-corrected chi connectivity index (χ3v) is 2.27. The second-order valence-corrected chi connectivity index (χ2v) is 5.30. The van der Waals surface area contributed by atoms with Gasteiger partial charge in [0.05, 0.1) is 4.92 Å². The average molecular weight is 278 g/mol. The largest absolute Gasteiger partial charge is 0.444 e. The molecule has 6 nitrogen and oxygen atoms in total. The minimum absolute atomic E-state index is 0.526. The summed E-state index contributed by atoms with van der Waals surface area (Å²) in [5, 5.41) is 12.9. The highest BCUT2D eigenvalue weighted by Gasteiger charge is 2.16. The molecule has 1 aromatic rings. The molecule has 0 fully saturated rings. The summed E-state index contributed by atoms with van der Waals surface area (Å²) in [6.45, 7) is 7.15. The minimum atomic E-state index is -0.563. The van der Waals surface area contributed by atoms with Gasteiger partial charge in [-0.2, -0.15) is 0 Å². The summed E-state index contributed by atoms with van der Waals surface area (Å²) in [5.74, 6) is 0. The van der Waals surface area contributed by atoms with Gasteiger partial charge in [0.1, 0.15) is 5.60 Å². The first-order valence-electron chi connectivity index (χ1n) is 6.10. The average Bonchev–Trinajstić information content (AvgIpc) is 2.27. The summed E-state index contributed by atoms with van der Waals surface area (Å²) in [5.41, 5.74) is 1.53. The van der Waals surface area contributed by atoms with Gasteiger partial charge in [0, 0.05) is 11.8 Å². The van der Waals surface area contributed by atoms with Crippen molar-refractivity contribution in [3.8, 4) is 0 Å². The fourth-order valence-electron chi connectivity index (χ4n) is 1.49. The maximum Gasteiger partial charge on any atom is 0.412 e. The van der Waals surface area contributed by atoms with Crippen molar-refractivity contribution >= 4 is 17.9 Å². The summed E-state index contributed by atoms with van der Waals surface area (Å²) < 4.78 is 5.15. The fraction of sp³-hybridized carbons (Fsp3) is 0.357. The van der Waals surface area contributed by atoms with Crippen molar-refractivity contribution in [2.24, 2.45) is 0 Å². The Balaban J connectivity index is 2.78. The van der Waals surface area contributed by atoms with E-state index >= 15 is 0 Å². The SMILES string of the molecule is Cc1cc(/C=C/[N+](=O)[O-])ccc1NC(=O)OC(C)(C)C. The quantitative estimate of drug-likeness (QED) is 0.676. The van der Waals surface area contributed by atoms with Crippen LogP contribution >= 0.6 is 0 Å². The van der Waals surface area contributed by atoms with Gasteiger partial charge in [0.2, 0.25) is 6.20 Å². The predicted molar refractivity (Wildman–Crippen MR) is 77.1 cm³/mol. The van der Waals surface area contributed by atoms with E-state index in [9.17, 15) is 14.9 Å². The van der Waals surface area contributed by atoms with Crippen molar-refractivity contribution < 1.29 is 14.5 Å². The topological polar surface area (TPSA) is 81.5 Å². The molecule has 0 saturated carbocycles. The number of amides is 1. The molecule has 0 spiro atoms. The molecule has 1 aromatic carbocycles. The zero-order chi connectivity index (χ0) is 15.3. The van der Waals surface area contributed by atoms with Gasteiger partial charge in [-0.3, -0.25) is 15.4 Å². The Bertz CT molecular complexity index is 545. The van der Waals surface area contributed by atoms with E-state index in [1.807, 2.05) is 0 Å². The molecule has 0 bridgehead atoms. The first kappa shape index (κ1) is 15.7. The minimum Gasteiger partial charge on any atom is -0.444 e. The van der Waals surface area contributed by atoms with Gasteiger partial charge in [0.15, 0.2) is 0 Å². The van der Waals surface area contributed by atoms with Crippen LogP contribution in [0.1, 0.15) is 31.9 Å². The fourth-order valence-corrected chi connectivity index (χ4v) is 1.49. The number of nitro groups is 1. The third kappa shape index (κ3) is 5.51. The van der Waals surface area contributed by atoms with Crippen molar-refractivity contribution in [1.29, 1.82) is 0 Å². The van der Waals surface area contributed by atoms with Crippen LogP contribution in [0, 0.1) is 17.0 Å². The van der Waals surface area contributed by atoms with Crippen molar-refractivity contribution in [3.63, 3.8) is 0 Å². The highest BCUT2D eigenvalue weighted by Crippen LogP contribution is 2.18. The van der Waals surface area contributed by atoms with E-state index < -0.39 is 16.6 Å². The number of carbonyl (C=O) groups is 1. The molecule has 0 aliphatic carbocycles. The second kappa shape index (κ2) is 6.18. The number of aryl methyl sites for hydroxylation is 1. The number of anilines is 1.